The molecule has 0 saturated carbocycles. The van der Waals surface area contributed by atoms with E-state index in [4.69, 9.17) is 23.2 Å². The van der Waals surface area contributed by atoms with Crippen LogP contribution in [0.1, 0.15) is 20.3 Å². The lowest BCUT2D eigenvalue weighted by Crippen LogP contribution is -2.59. The van der Waals surface area contributed by atoms with Crippen molar-refractivity contribution in [1.29, 1.82) is 10.5 Å². The molecule has 1 heterocycles. The van der Waals surface area contributed by atoms with Gasteiger partial charge in [0.05, 0.1) is 12.1 Å². The molecule has 0 radical (unpaired) electrons. The Bertz CT molecular complexity index is 833. The van der Waals surface area contributed by atoms with E-state index in [0.29, 0.717) is 27.1 Å². The highest BCUT2D eigenvalue weighted by Gasteiger charge is 2.56. The molecule has 1 aliphatic heterocycles. The zero-order chi connectivity index (χ0) is 20.4. The molecule has 1 saturated heterocycles. The second-order valence-electron chi connectivity index (χ2n) is 6.45. The number of benzene rings is 1. The summed E-state index contributed by atoms with van der Waals surface area (Å²) in [4.78, 5) is 38.3. The molecule has 9 heteroatoms. The third-order valence-corrected chi connectivity index (χ3v) is 5.25. The van der Waals surface area contributed by atoms with E-state index in [-0.39, 0.29) is 0 Å². The van der Waals surface area contributed by atoms with Crippen molar-refractivity contribution in [3.63, 3.8) is 0 Å². The molecule has 27 heavy (non-hydrogen) atoms. The number of hydrogen-bond donors (Lipinski definition) is 1. The number of halogens is 2. The largest absolute Gasteiger partial charge is 0.324 e. The fourth-order valence-electron chi connectivity index (χ4n) is 3.09. The first-order valence-electron chi connectivity index (χ1n) is 8.08. The Morgan fingerprint density at radius 1 is 1.15 bits per heavy atom. The van der Waals surface area contributed by atoms with Crippen LogP contribution in [0.3, 0.4) is 0 Å². The summed E-state index contributed by atoms with van der Waals surface area (Å²) in [6, 6.07) is 8.16. The van der Waals surface area contributed by atoms with Gasteiger partial charge in [-0.05, 0) is 24.6 Å². The fourth-order valence-corrected chi connectivity index (χ4v) is 3.62. The van der Waals surface area contributed by atoms with E-state index >= 15 is 0 Å². The molecule has 2 rings (SSSR count). The van der Waals surface area contributed by atoms with Crippen LogP contribution in [0.5, 0.6) is 0 Å². The van der Waals surface area contributed by atoms with Crippen LogP contribution in [0.2, 0.25) is 10.0 Å². The zero-order valence-corrected chi connectivity index (χ0v) is 16.1. The summed E-state index contributed by atoms with van der Waals surface area (Å²) in [5.41, 5.74) is -0.813. The molecule has 0 aliphatic carbocycles. The highest BCUT2D eigenvalue weighted by Crippen LogP contribution is 2.44. The number of amides is 3. The zero-order valence-electron chi connectivity index (χ0n) is 14.6. The quantitative estimate of drug-likeness (QED) is 0.771. The molecule has 1 fully saturated rings. The Labute approximate surface area is 166 Å². The monoisotopic (exact) mass is 406 g/mol. The van der Waals surface area contributed by atoms with Crippen molar-refractivity contribution in [3.05, 3.63) is 28.2 Å². The summed E-state index contributed by atoms with van der Waals surface area (Å²) in [5, 5.41) is 22.0. The van der Waals surface area contributed by atoms with Crippen LogP contribution in [0.25, 0.3) is 0 Å². The van der Waals surface area contributed by atoms with Crippen molar-refractivity contribution in [2.24, 2.45) is 17.3 Å². The minimum Gasteiger partial charge on any atom is -0.324 e. The molecular formula is C18H16Cl2N4O3. The average Bonchev–Trinajstić information content (AvgIpc) is 2.58. The predicted molar refractivity (Wildman–Crippen MR) is 98.4 cm³/mol. The Morgan fingerprint density at radius 2 is 1.63 bits per heavy atom. The van der Waals surface area contributed by atoms with E-state index < -0.39 is 41.5 Å². The van der Waals surface area contributed by atoms with E-state index in [9.17, 15) is 24.9 Å². The SMILES string of the molecule is CCC1(C)C(C#N)C(=O)N(CC(=O)Nc2cc(Cl)cc(Cl)c2)C(=O)C1C#N. The van der Waals surface area contributed by atoms with E-state index in [1.165, 1.54) is 18.2 Å². The van der Waals surface area contributed by atoms with Crippen LogP contribution in [-0.2, 0) is 14.4 Å². The van der Waals surface area contributed by atoms with Crippen LogP contribution in [0.4, 0.5) is 5.69 Å². The lowest BCUT2D eigenvalue weighted by Gasteiger charge is -2.43. The standard InChI is InChI=1S/C18H16Cl2N4O3/c1-3-18(2)13(7-21)16(26)24(17(27)14(18)8-22)9-15(25)23-12-5-10(19)4-11(20)6-12/h4-6,13-14H,3,9H2,1-2H3,(H,23,25). The molecule has 0 aromatic heterocycles. The molecule has 140 valence electrons. The summed E-state index contributed by atoms with van der Waals surface area (Å²) in [5.74, 6) is -4.63. The number of nitriles is 2. The van der Waals surface area contributed by atoms with Gasteiger partial charge in [0.1, 0.15) is 18.4 Å². The minimum absolute atomic E-state index is 0.293. The van der Waals surface area contributed by atoms with Gasteiger partial charge >= 0.3 is 0 Å². The van der Waals surface area contributed by atoms with Gasteiger partial charge in [-0.25, -0.2) is 0 Å². The highest BCUT2D eigenvalue weighted by atomic mass is 35.5. The molecule has 2 unspecified atom stereocenters. The number of hydrogen-bond acceptors (Lipinski definition) is 5. The number of nitrogens with one attached hydrogen (secondary N) is 1. The van der Waals surface area contributed by atoms with Gasteiger partial charge in [0.15, 0.2) is 0 Å². The molecule has 0 bridgehead atoms. The van der Waals surface area contributed by atoms with E-state index in [2.05, 4.69) is 5.32 Å². The van der Waals surface area contributed by atoms with E-state index in [1.807, 2.05) is 12.1 Å². The number of imide groups is 1. The molecule has 7 nitrogen and oxygen atoms in total. The van der Waals surface area contributed by atoms with Crippen LogP contribution in [0, 0.1) is 39.9 Å². The number of rotatable bonds is 4. The van der Waals surface area contributed by atoms with Gasteiger partial charge in [0.25, 0.3) is 0 Å². The molecule has 2 atom stereocenters. The van der Waals surface area contributed by atoms with Crippen molar-refractivity contribution in [1.82, 2.24) is 4.90 Å². The van der Waals surface area contributed by atoms with Crippen molar-refractivity contribution < 1.29 is 14.4 Å². The normalized spacial score (nSPS) is 24.9. The second kappa shape index (κ2) is 7.96. The average molecular weight is 407 g/mol. The Kier molecular flexibility index (Phi) is 6.10. The van der Waals surface area contributed by atoms with E-state index in [1.54, 1.807) is 13.8 Å². The van der Waals surface area contributed by atoms with Gasteiger partial charge in [-0.3, -0.25) is 19.3 Å². The lowest BCUT2D eigenvalue weighted by atomic mass is 9.63. The number of anilines is 1. The summed E-state index contributed by atoms with van der Waals surface area (Å²) in [7, 11) is 0. The van der Waals surface area contributed by atoms with Crippen molar-refractivity contribution in [3.8, 4) is 12.1 Å². The number of carbonyl (C=O) groups excluding carboxylic acids is 3. The number of carbonyl (C=O) groups is 3. The fraction of sp³-hybridized carbons (Fsp3) is 0.389. The molecule has 0 spiro atoms. The van der Waals surface area contributed by atoms with Gasteiger partial charge in [0, 0.05) is 21.1 Å². The van der Waals surface area contributed by atoms with Gasteiger partial charge in [-0.15, -0.1) is 0 Å². The molecule has 1 aliphatic rings. The predicted octanol–water partition coefficient (Wildman–Crippen LogP) is 3.00. The number of piperidine rings is 1. The molecule has 1 aromatic carbocycles. The van der Waals surface area contributed by atoms with Gasteiger partial charge < -0.3 is 5.32 Å². The van der Waals surface area contributed by atoms with Gasteiger partial charge in [0.2, 0.25) is 17.7 Å². The first-order chi connectivity index (χ1) is 12.7. The summed E-state index contributed by atoms with van der Waals surface area (Å²) < 4.78 is 0. The Morgan fingerprint density at radius 3 is 2.04 bits per heavy atom. The molecule has 1 N–H and O–H groups in total. The molecular weight excluding hydrogens is 391 g/mol. The topological polar surface area (TPSA) is 114 Å². The van der Waals surface area contributed by atoms with Crippen LogP contribution < -0.4 is 5.32 Å². The van der Waals surface area contributed by atoms with Gasteiger partial charge in [-0.2, -0.15) is 10.5 Å². The lowest BCUT2D eigenvalue weighted by molar-refractivity contribution is -0.162. The van der Waals surface area contributed by atoms with Crippen molar-refractivity contribution >= 4 is 46.6 Å². The summed E-state index contributed by atoms with van der Waals surface area (Å²) in [6.45, 7) is 2.66. The summed E-state index contributed by atoms with van der Waals surface area (Å²) in [6.07, 6.45) is 0.294. The van der Waals surface area contributed by atoms with E-state index in [0.717, 1.165) is 0 Å². The van der Waals surface area contributed by atoms with Crippen LogP contribution >= 0.6 is 23.2 Å². The minimum atomic E-state index is -1.20. The Hall–Kier alpha value is -2.61. The van der Waals surface area contributed by atoms with Crippen molar-refractivity contribution in [2.75, 3.05) is 11.9 Å². The molecule has 1 aromatic rings. The van der Waals surface area contributed by atoms with Crippen LogP contribution in [0.15, 0.2) is 18.2 Å². The molecule has 3 amide bonds. The maximum atomic E-state index is 12.7. The van der Waals surface area contributed by atoms with Crippen molar-refractivity contribution in [2.45, 2.75) is 20.3 Å². The third-order valence-electron chi connectivity index (χ3n) is 4.81. The Balaban J connectivity index is 2.26. The number of likely N-dealkylation sites (tertiary alicyclic amines) is 1. The third kappa shape index (κ3) is 3.90. The second-order valence-corrected chi connectivity index (χ2v) is 7.33. The summed E-state index contributed by atoms with van der Waals surface area (Å²) >= 11 is 11.7. The van der Waals surface area contributed by atoms with Gasteiger partial charge in [-0.1, -0.05) is 37.0 Å². The smallest absolute Gasteiger partial charge is 0.247 e. The first-order valence-corrected chi connectivity index (χ1v) is 8.84. The maximum Gasteiger partial charge on any atom is 0.247 e. The first kappa shape index (κ1) is 20.7. The highest BCUT2D eigenvalue weighted by molar-refractivity contribution is 6.35. The maximum absolute atomic E-state index is 12.7. The van der Waals surface area contributed by atoms with Crippen LogP contribution in [-0.4, -0.2) is 29.2 Å². The number of nitrogens with zero attached hydrogens (tertiary/aromatic N) is 3.